The first-order valence-corrected chi connectivity index (χ1v) is 6.74. The Morgan fingerprint density at radius 2 is 1.96 bits per heavy atom. The predicted molar refractivity (Wildman–Crippen MR) is 77.9 cm³/mol. The lowest BCUT2D eigenvalue weighted by atomic mass is 10.2. The lowest BCUT2D eigenvalue weighted by Crippen LogP contribution is -2.20. The van der Waals surface area contributed by atoms with Crippen molar-refractivity contribution < 1.29 is 28.2 Å². The number of hydrogen-bond acceptors (Lipinski definition) is 5. The van der Waals surface area contributed by atoms with Gasteiger partial charge >= 0.3 is 5.97 Å². The minimum Gasteiger partial charge on any atom is -0.454 e. The molecule has 23 heavy (non-hydrogen) atoms. The molecule has 0 aromatic heterocycles. The van der Waals surface area contributed by atoms with Crippen LogP contribution in [0.5, 0.6) is 11.5 Å². The normalized spacial score (nSPS) is 11.9. The fourth-order valence-electron chi connectivity index (χ4n) is 2.00. The number of ether oxygens (including phenoxy) is 3. The fourth-order valence-corrected chi connectivity index (χ4v) is 2.00. The smallest absolute Gasteiger partial charge is 0.338 e. The van der Waals surface area contributed by atoms with Gasteiger partial charge < -0.3 is 19.5 Å². The van der Waals surface area contributed by atoms with Crippen molar-refractivity contribution in [2.45, 2.75) is 0 Å². The number of benzene rings is 2. The molecule has 0 radical (unpaired) electrons. The molecular weight excluding hydrogens is 305 g/mol. The Morgan fingerprint density at radius 3 is 2.78 bits per heavy atom. The van der Waals surface area contributed by atoms with Crippen LogP contribution in [0.3, 0.4) is 0 Å². The Hall–Kier alpha value is -3.09. The molecule has 7 heteroatoms. The number of amides is 1. The SMILES string of the molecule is O=C(COC(=O)c1cccc(F)c1)Nc1ccc2c(c1)OCO2. The second kappa shape index (κ2) is 6.35. The highest BCUT2D eigenvalue weighted by atomic mass is 19.1. The molecule has 0 unspecified atom stereocenters. The Kier molecular flexibility index (Phi) is 4.09. The summed E-state index contributed by atoms with van der Waals surface area (Å²) in [6.07, 6.45) is 0. The van der Waals surface area contributed by atoms with Gasteiger partial charge in [0, 0.05) is 11.8 Å². The molecule has 0 bridgehead atoms. The Balaban J connectivity index is 1.54. The predicted octanol–water partition coefficient (Wildman–Crippen LogP) is 2.35. The van der Waals surface area contributed by atoms with Crippen LogP contribution in [0.1, 0.15) is 10.4 Å². The minimum atomic E-state index is -0.773. The average Bonchev–Trinajstić information content (AvgIpc) is 3.00. The third-order valence-electron chi connectivity index (χ3n) is 3.05. The number of carbonyl (C=O) groups is 2. The van der Waals surface area contributed by atoms with E-state index < -0.39 is 24.3 Å². The van der Waals surface area contributed by atoms with E-state index >= 15 is 0 Å². The zero-order chi connectivity index (χ0) is 16.2. The molecule has 2 aromatic carbocycles. The quantitative estimate of drug-likeness (QED) is 0.876. The molecule has 0 atom stereocenters. The number of anilines is 1. The van der Waals surface area contributed by atoms with Crippen molar-refractivity contribution in [3.8, 4) is 11.5 Å². The van der Waals surface area contributed by atoms with Crippen LogP contribution >= 0.6 is 0 Å². The Bertz CT molecular complexity index is 762. The third kappa shape index (κ3) is 3.57. The summed E-state index contributed by atoms with van der Waals surface area (Å²) in [5, 5.41) is 2.56. The van der Waals surface area contributed by atoms with Gasteiger partial charge in [0.15, 0.2) is 18.1 Å². The number of nitrogens with one attached hydrogen (secondary N) is 1. The van der Waals surface area contributed by atoms with E-state index in [1.807, 2.05) is 0 Å². The molecule has 6 nitrogen and oxygen atoms in total. The summed E-state index contributed by atoms with van der Waals surface area (Å²) in [7, 11) is 0. The maximum absolute atomic E-state index is 13.0. The summed E-state index contributed by atoms with van der Waals surface area (Å²) < 4.78 is 28.2. The highest BCUT2D eigenvalue weighted by Gasteiger charge is 2.15. The van der Waals surface area contributed by atoms with E-state index in [1.165, 1.54) is 18.2 Å². The number of halogens is 1. The molecule has 118 valence electrons. The van der Waals surface area contributed by atoms with E-state index in [2.05, 4.69) is 5.32 Å². The number of hydrogen-bond donors (Lipinski definition) is 1. The van der Waals surface area contributed by atoms with Gasteiger partial charge in [0.25, 0.3) is 5.91 Å². The van der Waals surface area contributed by atoms with Crippen LogP contribution in [0.2, 0.25) is 0 Å². The molecule has 0 saturated heterocycles. The zero-order valence-corrected chi connectivity index (χ0v) is 11.9. The number of rotatable bonds is 4. The molecule has 0 fully saturated rings. The Morgan fingerprint density at radius 1 is 1.13 bits per heavy atom. The first kappa shape index (κ1) is 14.8. The van der Waals surface area contributed by atoms with Gasteiger partial charge in [0.05, 0.1) is 5.56 Å². The van der Waals surface area contributed by atoms with E-state index in [-0.39, 0.29) is 12.4 Å². The first-order valence-electron chi connectivity index (χ1n) is 6.74. The summed E-state index contributed by atoms with van der Waals surface area (Å²) in [5.41, 5.74) is 0.530. The highest BCUT2D eigenvalue weighted by molar-refractivity contribution is 5.95. The molecule has 1 amide bonds. The van der Waals surface area contributed by atoms with Crippen molar-refractivity contribution in [2.24, 2.45) is 0 Å². The highest BCUT2D eigenvalue weighted by Crippen LogP contribution is 2.34. The molecule has 1 N–H and O–H groups in total. The van der Waals surface area contributed by atoms with Crippen molar-refractivity contribution in [2.75, 3.05) is 18.7 Å². The van der Waals surface area contributed by atoms with Gasteiger partial charge in [-0.15, -0.1) is 0 Å². The van der Waals surface area contributed by atoms with Crippen molar-refractivity contribution in [1.82, 2.24) is 0 Å². The molecule has 0 spiro atoms. The van der Waals surface area contributed by atoms with Crippen molar-refractivity contribution in [3.63, 3.8) is 0 Å². The molecule has 1 aliphatic rings. The van der Waals surface area contributed by atoms with Gasteiger partial charge in [-0.2, -0.15) is 0 Å². The van der Waals surface area contributed by atoms with E-state index in [0.29, 0.717) is 17.2 Å². The molecule has 0 aliphatic carbocycles. The summed E-state index contributed by atoms with van der Waals surface area (Å²) in [6.45, 7) is -0.345. The second-order valence-corrected chi connectivity index (χ2v) is 4.70. The van der Waals surface area contributed by atoms with Gasteiger partial charge in [0.1, 0.15) is 5.82 Å². The first-order chi connectivity index (χ1) is 11.1. The average molecular weight is 317 g/mol. The van der Waals surface area contributed by atoms with Crippen molar-refractivity contribution in [3.05, 3.63) is 53.8 Å². The van der Waals surface area contributed by atoms with Crippen LogP contribution in [0.4, 0.5) is 10.1 Å². The topological polar surface area (TPSA) is 73.9 Å². The molecule has 2 aromatic rings. The summed E-state index contributed by atoms with van der Waals surface area (Å²) in [5.74, 6) is -0.719. The van der Waals surface area contributed by atoms with E-state index in [9.17, 15) is 14.0 Å². The van der Waals surface area contributed by atoms with Crippen LogP contribution < -0.4 is 14.8 Å². The maximum Gasteiger partial charge on any atom is 0.338 e. The van der Waals surface area contributed by atoms with Gasteiger partial charge in [-0.3, -0.25) is 4.79 Å². The van der Waals surface area contributed by atoms with Gasteiger partial charge in [-0.25, -0.2) is 9.18 Å². The Labute approximate surface area is 130 Å². The van der Waals surface area contributed by atoms with E-state index in [4.69, 9.17) is 14.2 Å². The summed E-state index contributed by atoms with van der Waals surface area (Å²) in [4.78, 5) is 23.5. The lowest BCUT2D eigenvalue weighted by molar-refractivity contribution is -0.119. The lowest BCUT2D eigenvalue weighted by Gasteiger charge is -2.07. The van der Waals surface area contributed by atoms with Gasteiger partial charge in [-0.05, 0) is 30.3 Å². The molecular formula is C16H12FNO5. The molecule has 0 saturated carbocycles. The molecule has 3 rings (SSSR count). The molecule has 1 heterocycles. The second-order valence-electron chi connectivity index (χ2n) is 4.70. The monoisotopic (exact) mass is 317 g/mol. The van der Waals surface area contributed by atoms with Crippen LogP contribution in [0, 0.1) is 5.82 Å². The van der Waals surface area contributed by atoms with Gasteiger partial charge in [0.2, 0.25) is 6.79 Å². The molecule has 1 aliphatic heterocycles. The van der Waals surface area contributed by atoms with E-state index in [1.54, 1.807) is 18.2 Å². The van der Waals surface area contributed by atoms with Crippen molar-refractivity contribution >= 4 is 17.6 Å². The van der Waals surface area contributed by atoms with E-state index in [0.717, 1.165) is 6.07 Å². The fraction of sp³-hybridized carbons (Fsp3) is 0.125. The zero-order valence-electron chi connectivity index (χ0n) is 11.9. The number of fused-ring (bicyclic) bond motifs is 1. The van der Waals surface area contributed by atoms with Crippen LogP contribution in [-0.2, 0) is 9.53 Å². The van der Waals surface area contributed by atoms with Gasteiger partial charge in [-0.1, -0.05) is 6.07 Å². The maximum atomic E-state index is 13.0. The van der Waals surface area contributed by atoms with Crippen molar-refractivity contribution in [1.29, 1.82) is 0 Å². The standard InChI is InChI=1S/C16H12FNO5/c17-11-3-1-2-10(6-11)16(20)21-8-15(19)18-12-4-5-13-14(7-12)23-9-22-13/h1-7H,8-9H2,(H,18,19). The van der Waals surface area contributed by atoms with Crippen LogP contribution in [0.25, 0.3) is 0 Å². The third-order valence-corrected chi connectivity index (χ3v) is 3.05. The summed E-state index contributed by atoms with van der Waals surface area (Å²) >= 11 is 0. The largest absolute Gasteiger partial charge is 0.454 e. The van der Waals surface area contributed by atoms with Crippen LogP contribution in [-0.4, -0.2) is 25.3 Å². The summed E-state index contributed by atoms with van der Waals surface area (Å²) in [6, 6.07) is 9.95. The van der Waals surface area contributed by atoms with Crippen LogP contribution in [0.15, 0.2) is 42.5 Å². The minimum absolute atomic E-state index is 0.0425. The number of esters is 1. The number of carbonyl (C=O) groups excluding carboxylic acids is 2.